The third kappa shape index (κ3) is 3.12. The molecule has 2 heteroatoms. The maximum atomic E-state index is 10.3. The topological polar surface area (TPSA) is 20.2 Å². The van der Waals surface area contributed by atoms with Crippen LogP contribution in [-0.2, 0) is 6.04 Å². The van der Waals surface area contributed by atoms with Crippen LogP contribution in [-0.4, -0.2) is 13.1 Å². The summed E-state index contributed by atoms with van der Waals surface area (Å²) in [4.78, 5) is 10.3. The van der Waals surface area contributed by atoms with Gasteiger partial charge in [0, 0.05) is 0 Å². The molecule has 0 heterocycles. The van der Waals surface area contributed by atoms with Gasteiger partial charge in [-0.2, -0.15) is 0 Å². The van der Waals surface area contributed by atoms with Crippen LogP contribution in [0, 0.1) is 0 Å². The van der Waals surface area contributed by atoms with Crippen molar-refractivity contribution in [1.82, 2.24) is 0 Å². The zero-order valence-corrected chi connectivity index (χ0v) is 9.74. The molecule has 0 saturated carbocycles. The van der Waals surface area contributed by atoms with Crippen molar-refractivity contribution >= 4 is 8.32 Å². The van der Waals surface area contributed by atoms with Crippen molar-refractivity contribution in [2.24, 2.45) is 0 Å². The lowest BCUT2D eigenvalue weighted by Gasteiger charge is -2.22. The molecule has 0 fully saturated rings. The minimum Gasteiger partial charge on any atom is -0.431 e. The molecule has 1 unspecified atom stereocenters. The summed E-state index contributed by atoms with van der Waals surface area (Å²) in [5.74, 6) is 0. The van der Waals surface area contributed by atoms with Crippen molar-refractivity contribution in [3.05, 3.63) is 48.6 Å². The highest BCUT2D eigenvalue weighted by Crippen LogP contribution is 2.18. The van der Waals surface area contributed by atoms with Gasteiger partial charge >= 0.3 is 0 Å². The van der Waals surface area contributed by atoms with E-state index >= 15 is 0 Å². The maximum absolute atomic E-state index is 10.3. The molecular weight excluding hydrogens is 188 g/mol. The smallest absolute Gasteiger partial charge is 0.196 e. The monoisotopic (exact) mass is 206 g/mol. The van der Waals surface area contributed by atoms with Crippen molar-refractivity contribution in [2.45, 2.75) is 25.1 Å². The number of allylic oxidation sites excluding steroid dienone is 1. The van der Waals surface area contributed by atoms with Gasteiger partial charge in [-0.05, 0) is 23.7 Å². The number of rotatable bonds is 5. The van der Waals surface area contributed by atoms with Crippen LogP contribution in [0.3, 0.4) is 0 Å². The van der Waals surface area contributed by atoms with Crippen LogP contribution in [0.5, 0.6) is 0 Å². The van der Waals surface area contributed by atoms with Gasteiger partial charge in [-0.1, -0.05) is 43.3 Å². The average Bonchev–Trinajstić information content (AvgIpc) is 2.20. The van der Waals surface area contributed by atoms with Crippen LogP contribution in [0.4, 0.5) is 0 Å². The second kappa shape index (κ2) is 5.13. The minimum atomic E-state index is -2.08. The lowest BCUT2D eigenvalue weighted by molar-refractivity contribution is 0.532. The van der Waals surface area contributed by atoms with Gasteiger partial charge in [-0.15, -0.1) is 6.58 Å². The quantitative estimate of drug-likeness (QED) is 0.580. The predicted octanol–water partition coefficient (Wildman–Crippen LogP) is 2.91. The first-order valence-corrected chi connectivity index (χ1v) is 7.64. The van der Waals surface area contributed by atoms with Crippen LogP contribution in [0.2, 0.25) is 12.1 Å². The third-order valence-electron chi connectivity index (χ3n) is 2.56. The molecule has 14 heavy (non-hydrogen) atoms. The van der Waals surface area contributed by atoms with Gasteiger partial charge in [-0.3, -0.25) is 0 Å². The van der Waals surface area contributed by atoms with Crippen LogP contribution >= 0.6 is 0 Å². The molecular formula is C12H18OSi. The largest absolute Gasteiger partial charge is 0.431 e. The maximum Gasteiger partial charge on any atom is 0.196 e. The van der Waals surface area contributed by atoms with Crippen molar-refractivity contribution in [3.8, 4) is 0 Å². The lowest BCUT2D eigenvalue weighted by Crippen LogP contribution is -2.36. The standard InChI is InChI=1S/C12H18OSi/c1-3-10-14(13,4-2)11-12-8-6-5-7-9-12/h3,5-9,13H,1,4,10-11H2,2H3. The van der Waals surface area contributed by atoms with E-state index in [0.717, 1.165) is 18.1 Å². The molecule has 0 bridgehead atoms. The fourth-order valence-corrected chi connectivity index (χ4v) is 3.80. The van der Waals surface area contributed by atoms with E-state index in [1.54, 1.807) is 0 Å². The van der Waals surface area contributed by atoms with E-state index < -0.39 is 8.32 Å². The zero-order valence-electron chi connectivity index (χ0n) is 8.74. The Labute approximate surface area is 87.2 Å². The summed E-state index contributed by atoms with van der Waals surface area (Å²) in [5, 5.41) is 0. The lowest BCUT2D eigenvalue weighted by atomic mass is 10.2. The summed E-state index contributed by atoms with van der Waals surface area (Å²) in [7, 11) is -2.08. The second-order valence-electron chi connectivity index (χ2n) is 3.73. The molecule has 1 atom stereocenters. The van der Waals surface area contributed by atoms with Gasteiger partial charge in [0.2, 0.25) is 0 Å². The number of hydrogen-bond acceptors (Lipinski definition) is 1. The molecule has 0 aliphatic carbocycles. The molecule has 1 N–H and O–H groups in total. The molecule has 76 valence electrons. The molecule has 0 radical (unpaired) electrons. The highest BCUT2D eigenvalue weighted by Gasteiger charge is 2.27. The van der Waals surface area contributed by atoms with Gasteiger partial charge < -0.3 is 4.80 Å². The van der Waals surface area contributed by atoms with E-state index in [2.05, 4.69) is 25.6 Å². The number of benzene rings is 1. The van der Waals surface area contributed by atoms with E-state index in [1.807, 2.05) is 24.3 Å². The van der Waals surface area contributed by atoms with E-state index in [4.69, 9.17) is 0 Å². The molecule has 1 aromatic rings. The SMILES string of the molecule is C=CC[Si](O)(CC)Cc1ccccc1. The summed E-state index contributed by atoms with van der Waals surface area (Å²) >= 11 is 0. The third-order valence-corrected chi connectivity index (χ3v) is 5.99. The van der Waals surface area contributed by atoms with Crippen LogP contribution in [0.1, 0.15) is 12.5 Å². The van der Waals surface area contributed by atoms with Gasteiger partial charge in [0.25, 0.3) is 0 Å². The Bertz CT molecular complexity index is 284. The molecule has 0 spiro atoms. The van der Waals surface area contributed by atoms with E-state index in [0.29, 0.717) is 0 Å². The predicted molar refractivity (Wildman–Crippen MR) is 63.6 cm³/mol. The highest BCUT2D eigenvalue weighted by molar-refractivity contribution is 6.72. The molecule has 0 aliphatic rings. The van der Waals surface area contributed by atoms with Crippen LogP contribution in [0.25, 0.3) is 0 Å². The van der Waals surface area contributed by atoms with E-state index in [9.17, 15) is 4.80 Å². The van der Waals surface area contributed by atoms with Gasteiger partial charge in [0.15, 0.2) is 8.32 Å². The molecule has 1 nitrogen and oxygen atoms in total. The van der Waals surface area contributed by atoms with Crippen molar-refractivity contribution in [3.63, 3.8) is 0 Å². The van der Waals surface area contributed by atoms with E-state index in [1.165, 1.54) is 5.56 Å². The number of hydrogen-bond donors (Lipinski definition) is 1. The van der Waals surface area contributed by atoms with Crippen LogP contribution in [0.15, 0.2) is 43.0 Å². The summed E-state index contributed by atoms with van der Waals surface area (Å²) in [6.45, 7) is 5.78. The fraction of sp³-hybridized carbons (Fsp3) is 0.333. The molecule has 0 aliphatic heterocycles. The normalized spacial score (nSPS) is 14.7. The fourth-order valence-electron chi connectivity index (χ4n) is 1.59. The first kappa shape index (κ1) is 11.2. The summed E-state index contributed by atoms with van der Waals surface area (Å²) < 4.78 is 0. The Hall–Kier alpha value is -0.863. The summed E-state index contributed by atoms with van der Waals surface area (Å²) in [6, 6.07) is 12.7. The van der Waals surface area contributed by atoms with Crippen LogP contribution < -0.4 is 0 Å². The Morgan fingerprint density at radius 3 is 2.50 bits per heavy atom. The summed E-state index contributed by atoms with van der Waals surface area (Å²) in [5.41, 5.74) is 1.24. The van der Waals surface area contributed by atoms with Crippen molar-refractivity contribution < 1.29 is 4.80 Å². The molecule has 0 saturated heterocycles. The first-order chi connectivity index (χ1) is 6.70. The average molecular weight is 206 g/mol. The van der Waals surface area contributed by atoms with Gasteiger partial charge in [0.1, 0.15) is 0 Å². The van der Waals surface area contributed by atoms with Gasteiger partial charge in [0.05, 0.1) is 0 Å². The first-order valence-electron chi connectivity index (χ1n) is 5.07. The Kier molecular flexibility index (Phi) is 4.11. The molecule has 0 aromatic heterocycles. The van der Waals surface area contributed by atoms with Crippen molar-refractivity contribution in [2.75, 3.05) is 0 Å². The Morgan fingerprint density at radius 2 is 2.00 bits per heavy atom. The van der Waals surface area contributed by atoms with Gasteiger partial charge in [-0.25, -0.2) is 0 Å². The highest BCUT2D eigenvalue weighted by atomic mass is 28.4. The second-order valence-corrected chi connectivity index (χ2v) is 7.65. The minimum absolute atomic E-state index is 0.790. The molecule has 0 amide bonds. The summed E-state index contributed by atoms with van der Waals surface area (Å²) in [6.07, 6.45) is 1.85. The molecule has 1 aromatic carbocycles. The Balaban J connectivity index is 2.70. The van der Waals surface area contributed by atoms with Crippen molar-refractivity contribution in [1.29, 1.82) is 0 Å². The van der Waals surface area contributed by atoms with E-state index in [-0.39, 0.29) is 0 Å². The zero-order chi connectivity index (χ0) is 10.4. The Morgan fingerprint density at radius 1 is 1.36 bits per heavy atom. The molecule has 1 rings (SSSR count).